The van der Waals surface area contributed by atoms with E-state index in [0.717, 1.165) is 26.1 Å². The molecule has 14 heavy (non-hydrogen) atoms. The molecule has 0 spiro atoms. The van der Waals surface area contributed by atoms with E-state index in [-0.39, 0.29) is 6.61 Å². The van der Waals surface area contributed by atoms with Crippen molar-refractivity contribution in [1.82, 2.24) is 9.88 Å². The van der Waals surface area contributed by atoms with E-state index in [1.165, 1.54) is 5.56 Å². The van der Waals surface area contributed by atoms with Crippen molar-refractivity contribution in [1.29, 1.82) is 0 Å². The maximum absolute atomic E-state index is 8.81. The first-order valence-corrected chi connectivity index (χ1v) is 5.09. The summed E-state index contributed by atoms with van der Waals surface area (Å²) in [6.45, 7) is 5.11. The Bertz CT molecular complexity index is 238. The van der Waals surface area contributed by atoms with Crippen molar-refractivity contribution >= 4 is 0 Å². The zero-order valence-corrected chi connectivity index (χ0v) is 8.69. The quantitative estimate of drug-likeness (QED) is 0.732. The number of likely N-dealkylation sites (N-methyl/N-ethyl adjacent to an activating group) is 1. The third-order valence-corrected chi connectivity index (χ3v) is 2.33. The molecule has 3 heteroatoms. The second-order valence-corrected chi connectivity index (χ2v) is 3.26. The molecule has 1 aromatic heterocycles. The van der Waals surface area contributed by atoms with Crippen LogP contribution in [0, 0.1) is 0 Å². The molecule has 3 nitrogen and oxygen atoms in total. The molecule has 0 fully saturated rings. The Balaban J connectivity index is 2.32. The predicted octanol–water partition coefficient (Wildman–Crippen LogP) is 0.938. The van der Waals surface area contributed by atoms with E-state index in [9.17, 15) is 0 Å². The van der Waals surface area contributed by atoms with Crippen molar-refractivity contribution in [3.8, 4) is 0 Å². The second-order valence-electron chi connectivity index (χ2n) is 3.26. The molecule has 0 atom stereocenters. The Kier molecular flexibility index (Phi) is 5.19. The highest BCUT2D eigenvalue weighted by molar-refractivity contribution is 5.09. The first kappa shape index (κ1) is 11.1. The topological polar surface area (TPSA) is 36.4 Å². The van der Waals surface area contributed by atoms with Gasteiger partial charge in [0.2, 0.25) is 0 Å². The van der Waals surface area contributed by atoms with Gasteiger partial charge in [0.1, 0.15) is 0 Å². The Morgan fingerprint density at radius 3 is 2.57 bits per heavy atom. The molecule has 1 heterocycles. The summed E-state index contributed by atoms with van der Waals surface area (Å²) in [6.07, 6.45) is 4.66. The summed E-state index contributed by atoms with van der Waals surface area (Å²) in [4.78, 5) is 6.21. The van der Waals surface area contributed by atoms with E-state index in [1.807, 2.05) is 24.5 Å². The minimum atomic E-state index is 0.240. The Hall–Kier alpha value is -0.930. The number of nitrogens with zero attached hydrogens (tertiary/aromatic N) is 2. The van der Waals surface area contributed by atoms with Crippen molar-refractivity contribution in [3.05, 3.63) is 30.1 Å². The zero-order chi connectivity index (χ0) is 10.2. The molecule has 0 aromatic carbocycles. The van der Waals surface area contributed by atoms with Crippen LogP contribution in [0.15, 0.2) is 24.5 Å². The minimum Gasteiger partial charge on any atom is -0.395 e. The van der Waals surface area contributed by atoms with Crippen LogP contribution >= 0.6 is 0 Å². The van der Waals surface area contributed by atoms with Crippen molar-refractivity contribution in [2.75, 3.05) is 26.2 Å². The Morgan fingerprint density at radius 2 is 2.00 bits per heavy atom. The normalized spacial score (nSPS) is 10.8. The van der Waals surface area contributed by atoms with Gasteiger partial charge in [-0.25, -0.2) is 0 Å². The van der Waals surface area contributed by atoms with Gasteiger partial charge in [0, 0.05) is 25.5 Å². The van der Waals surface area contributed by atoms with Crippen molar-refractivity contribution in [2.45, 2.75) is 13.3 Å². The molecule has 0 saturated heterocycles. The number of aliphatic hydroxyl groups is 1. The largest absolute Gasteiger partial charge is 0.395 e. The van der Waals surface area contributed by atoms with Crippen molar-refractivity contribution in [2.24, 2.45) is 0 Å². The molecule has 0 unspecified atom stereocenters. The van der Waals surface area contributed by atoms with E-state index in [1.54, 1.807) is 0 Å². The number of pyridine rings is 1. The highest BCUT2D eigenvalue weighted by Crippen LogP contribution is 1.99. The Labute approximate surface area is 85.4 Å². The van der Waals surface area contributed by atoms with Crippen LogP contribution in [0.4, 0.5) is 0 Å². The molecule has 0 amide bonds. The summed E-state index contributed by atoms with van der Waals surface area (Å²) in [5.41, 5.74) is 1.30. The third-order valence-electron chi connectivity index (χ3n) is 2.33. The molecule has 0 aliphatic carbocycles. The smallest absolute Gasteiger partial charge is 0.0558 e. The van der Waals surface area contributed by atoms with Gasteiger partial charge in [-0.1, -0.05) is 6.92 Å². The lowest BCUT2D eigenvalue weighted by Gasteiger charge is -2.18. The monoisotopic (exact) mass is 194 g/mol. The summed E-state index contributed by atoms with van der Waals surface area (Å²) >= 11 is 0. The fourth-order valence-electron chi connectivity index (χ4n) is 1.41. The second kappa shape index (κ2) is 6.51. The van der Waals surface area contributed by atoms with Crippen LogP contribution in [0.1, 0.15) is 12.5 Å². The molecular formula is C11H18N2O. The van der Waals surface area contributed by atoms with Gasteiger partial charge in [-0.2, -0.15) is 0 Å². The molecule has 0 bridgehead atoms. The molecule has 0 aliphatic heterocycles. The van der Waals surface area contributed by atoms with Crippen molar-refractivity contribution in [3.63, 3.8) is 0 Å². The van der Waals surface area contributed by atoms with Crippen LogP contribution in [0.2, 0.25) is 0 Å². The summed E-state index contributed by atoms with van der Waals surface area (Å²) in [6, 6.07) is 4.07. The van der Waals surface area contributed by atoms with Crippen LogP contribution in [-0.4, -0.2) is 41.2 Å². The lowest BCUT2D eigenvalue weighted by molar-refractivity contribution is 0.203. The molecule has 1 N–H and O–H groups in total. The summed E-state index contributed by atoms with van der Waals surface area (Å²) < 4.78 is 0. The number of hydrogen-bond acceptors (Lipinski definition) is 3. The van der Waals surface area contributed by atoms with E-state index in [2.05, 4.69) is 16.8 Å². The first-order chi connectivity index (χ1) is 6.86. The lowest BCUT2D eigenvalue weighted by atomic mass is 10.2. The standard InChI is InChI=1S/C11H18N2O/c1-2-13(9-10-14)8-5-11-3-6-12-7-4-11/h3-4,6-7,14H,2,5,8-10H2,1H3. The average Bonchev–Trinajstić information content (AvgIpc) is 2.25. The Morgan fingerprint density at radius 1 is 1.29 bits per heavy atom. The number of rotatable bonds is 6. The lowest BCUT2D eigenvalue weighted by Crippen LogP contribution is -2.28. The number of aliphatic hydroxyl groups excluding tert-OH is 1. The van der Waals surface area contributed by atoms with Crippen LogP contribution in [0.25, 0.3) is 0 Å². The van der Waals surface area contributed by atoms with E-state index >= 15 is 0 Å². The molecular weight excluding hydrogens is 176 g/mol. The third kappa shape index (κ3) is 3.85. The maximum atomic E-state index is 8.81. The average molecular weight is 194 g/mol. The fraction of sp³-hybridized carbons (Fsp3) is 0.545. The van der Waals surface area contributed by atoms with E-state index in [4.69, 9.17) is 5.11 Å². The molecule has 1 aromatic rings. The number of aromatic nitrogens is 1. The van der Waals surface area contributed by atoms with Gasteiger partial charge < -0.3 is 10.0 Å². The molecule has 0 aliphatic rings. The van der Waals surface area contributed by atoms with Gasteiger partial charge in [-0.15, -0.1) is 0 Å². The van der Waals surface area contributed by atoms with Gasteiger partial charge in [0.05, 0.1) is 6.61 Å². The molecule has 0 radical (unpaired) electrons. The van der Waals surface area contributed by atoms with Crippen LogP contribution in [0.5, 0.6) is 0 Å². The summed E-state index contributed by atoms with van der Waals surface area (Å²) in [5, 5.41) is 8.81. The van der Waals surface area contributed by atoms with E-state index < -0.39 is 0 Å². The fourth-order valence-corrected chi connectivity index (χ4v) is 1.41. The summed E-state index contributed by atoms with van der Waals surface area (Å²) in [5.74, 6) is 0. The van der Waals surface area contributed by atoms with Crippen LogP contribution in [0.3, 0.4) is 0 Å². The van der Waals surface area contributed by atoms with Gasteiger partial charge in [-0.3, -0.25) is 4.98 Å². The molecule has 1 rings (SSSR count). The predicted molar refractivity (Wildman–Crippen MR) is 57.1 cm³/mol. The number of hydrogen-bond donors (Lipinski definition) is 1. The molecule has 0 saturated carbocycles. The SMILES string of the molecule is CCN(CCO)CCc1ccncc1. The highest BCUT2D eigenvalue weighted by Gasteiger charge is 2.00. The first-order valence-electron chi connectivity index (χ1n) is 5.09. The highest BCUT2D eigenvalue weighted by atomic mass is 16.3. The molecule has 78 valence electrons. The van der Waals surface area contributed by atoms with Crippen LogP contribution in [-0.2, 0) is 6.42 Å². The van der Waals surface area contributed by atoms with Crippen LogP contribution < -0.4 is 0 Å². The zero-order valence-electron chi connectivity index (χ0n) is 8.69. The maximum Gasteiger partial charge on any atom is 0.0558 e. The van der Waals surface area contributed by atoms with Gasteiger partial charge >= 0.3 is 0 Å². The summed E-state index contributed by atoms with van der Waals surface area (Å²) in [7, 11) is 0. The van der Waals surface area contributed by atoms with Gasteiger partial charge in [0.15, 0.2) is 0 Å². The minimum absolute atomic E-state index is 0.240. The van der Waals surface area contributed by atoms with E-state index in [0.29, 0.717) is 0 Å². The van der Waals surface area contributed by atoms with Crippen molar-refractivity contribution < 1.29 is 5.11 Å². The van der Waals surface area contributed by atoms with Gasteiger partial charge in [-0.05, 0) is 30.7 Å². The van der Waals surface area contributed by atoms with Gasteiger partial charge in [0.25, 0.3) is 0 Å².